The number of hydrogen-bond donors (Lipinski definition) is 1. The average Bonchev–Trinajstić information content (AvgIpc) is 3.16. The van der Waals surface area contributed by atoms with Crippen molar-refractivity contribution in [2.45, 2.75) is 20.0 Å². The summed E-state index contributed by atoms with van der Waals surface area (Å²) in [7, 11) is 0. The smallest absolute Gasteiger partial charge is 0.324 e. The van der Waals surface area contributed by atoms with E-state index in [2.05, 4.69) is 10.4 Å². The molecule has 9 heteroatoms. The van der Waals surface area contributed by atoms with Crippen LogP contribution in [-0.2, 0) is 17.9 Å². The molecule has 3 aromatic rings. The highest BCUT2D eigenvalue weighted by atomic mass is 16.2. The molecule has 0 saturated carbocycles. The van der Waals surface area contributed by atoms with Crippen LogP contribution >= 0.6 is 0 Å². The van der Waals surface area contributed by atoms with Gasteiger partial charge in [0.1, 0.15) is 6.54 Å². The molecule has 30 heavy (non-hydrogen) atoms. The maximum atomic E-state index is 12.5. The van der Waals surface area contributed by atoms with Gasteiger partial charge in [0.05, 0.1) is 0 Å². The summed E-state index contributed by atoms with van der Waals surface area (Å²) in [6, 6.07) is 15.8. The normalized spacial score (nSPS) is 12.5. The second kappa shape index (κ2) is 7.78. The van der Waals surface area contributed by atoms with Crippen LogP contribution in [0.25, 0.3) is 0 Å². The Morgan fingerprint density at radius 1 is 0.967 bits per heavy atom. The molecular formula is C21H19N5O4. The molecule has 1 aliphatic heterocycles. The fourth-order valence-electron chi connectivity index (χ4n) is 3.31. The third-order valence-corrected chi connectivity index (χ3v) is 4.84. The van der Waals surface area contributed by atoms with Gasteiger partial charge in [-0.3, -0.25) is 23.7 Å². The van der Waals surface area contributed by atoms with E-state index in [1.165, 1.54) is 11.5 Å². The number of ketones is 1. The zero-order chi connectivity index (χ0) is 21.3. The minimum atomic E-state index is -0.851. The van der Waals surface area contributed by atoms with Gasteiger partial charge in [-0.15, -0.1) is 5.10 Å². The van der Waals surface area contributed by atoms with Crippen LogP contribution in [0, 0.1) is 0 Å². The lowest BCUT2D eigenvalue weighted by Gasteiger charge is -2.17. The van der Waals surface area contributed by atoms with Gasteiger partial charge < -0.3 is 10.2 Å². The number of amides is 1. The lowest BCUT2D eigenvalue weighted by atomic mass is 10.1. The molecule has 0 bridgehead atoms. The Kier molecular flexibility index (Phi) is 5.01. The highest BCUT2D eigenvalue weighted by Gasteiger charge is 2.26. The summed E-state index contributed by atoms with van der Waals surface area (Å²) in [6.45, 7) is 1.90. The van der Waals surface area contributed by atoms with Crippen LogP contribution in [0.2, 0.25) is 0 Å². The number of aromatic nitrogens is 3. The molecule has 9 nitrogen and oxygen atoms in total. The van der Waals surface area contributed by atoms with E-state index in [1.54, 1.807) is 24.3 Å². The zero-order valence-electron chi connectivity index (χ0n) is 16.2. The molecule has 0 aliphatic carbocycles. The first-order chi connectivity index (χ1) is 14.4. The third kappa shape index (κ3) is 3.64. The summed E-state index contributed by atoms with van der Waals surface area (Å²) < 4.78 is 2.21. The van der Waals surface area contributed by atoms with Gasteiger partial charge in [-0.2, -0.15) is 0 Å². The maximum absolute atomic E-state index is 12.5. The van der Waals surface area contributed by atoms with E-state index in [4.69, 9.17) is 0 Å². The Hall–Kier alpha value is -4.01. The van der Waals surface area contributed by atoms with Crippen LogP contribution in [0.15, 0.2) is 64.2 Å². The molecule has 1 aliphatic rings. The van der Waals surface area contributed by atoms with Crippen molar-refractivity contribution >= 4 is 29.0 Å². The molecule has 1 amide bonds. The summed E-state index contributed by atoms with van der Waals surface area (Å²) in [5, 5.41) is 6.92. The number of carbonyl (C=O) groups excluding carboxylic acids is 2. The number of nitrogens with zero attached hydrogens (tertiary/aromatic N) is 4. The molecule has 0 radical (unpaired) electrons. The van der Waals surface area contributed by atoms with Gasteiger partial charge in [0.15, 0.2) is 5.78 Å². The van der Waals surface area contributed by atoms with E-state index in [-0.39, 0.29) is 5.78 Å². The molecule has 152 valence electrons. The third-order valence-electron chi connectivity index (χ3n) is 4.84. The minimum absolute atomic E-state index is 0.0785. The van der Waals surface area contributed by atoms with Crippen LogP contribution < -0.4 is 21.3 Å². The predicted molar refractivity (Wildman–Crippen MR) is 111 cm³/mol. The Morgan fingerprint density at radius 2 is 1.67 bits per heavy atom. The largest absolute Gasteiger partial charge is 0.333 e. The van der Waals surface area contributed by atoms with E-state index in [1.807, 2.05) is 35.2 Å². The molecule has 0 unspecified atom stereocenters. The van der Waals surface area contributed by atoms with Gasteiger partial charge in [0.25, 0.3) is 0 Å². The lowest BCUT2D eigenvalue weighted by Crippen LogP contribution is -2.44. The standard InChI is InChI=1S/C21H19N5O4/c1-14(27)15-7-9-16(10-8-15)22-18(28)13-26-20(30)19(29)25-12-11-24(21(25)23-26)17-5-3-2-4-6-17/h2-10H,11-13H2,1H3,(H,22,28). The van der Waals surface area contributed by atoms with Gasteiger partial charge in [0.2, 0.25) is 11.9 Å². The van der Waals surface area contributed by atoms with Gasteiger partial charge in [-0.1, -0.05) is 18.2 Å². The van der Waals surface area contributed by atoms with Gasteiger partial charge >= 0.3 is 11.1 Å². The van der Waals surface area contributed by atoms with Crippen molar-refractivity contribution in [3.63, 3.8) is 0 Å². The van der Waals surface area contributed by atoms with Crippen molar-refractivity contribution in [3.8, 4) is 0 Å². The molecule has 4 rings (SSSR count). The number of para-hydroxylation sites is 1. The second-order valence-electron chi connectivity index (χ2n) is 6.89. The fraction of sp³-hybridized carbons (Fsp3) is 0.190. The number of fused-ring (bicyclic) bond motifs is 1. The molecule has 2 aromatic carbocycles. The second-order valence-corrected chi connectivity index (χ2v) is 6.89. The molecule has 0 fully saturated rings. The monoisotopic (exact) mass is 405 g/mol. The van der Waals surface area contributed by atoms with Crippen molar-refractivity contribution in [2.75, 3.05) is 16.8 Å². The Bertz CT molecular complexity index is 1230. The first kappa shape index (κ1) is 19.3. The van der Waals surface area contributed by atoms with Crippen LogP contribution in [0.4, 0.5) is 17.3 Å². The molecule has 0 saturated heterocycles. The predicted octanol–water partition coefficient (Wildman–Crippen LogP) is 1.40. The lowest BCUT2D eigenvalue weighted by molar-refractivity contribution is -0.117. The van der Waals surface area contributed by atoms with Crippen LogP contribution in [0.3, 0.4) is 0 Å². The Morgan fingerprint density at radius 3 is 2.33 bits per heavy atom. The molecule has 0 spiro atoms. The number of nitrogens with one attached hydrogen (secondary N) is 1. The molecule has 1 N–H and O–H groups in total. The van der Waals surface area contributed by atoms with Crippen molar-refractivity contribution in [2.24, 2.45) is 0 Å². The number of anilines is 3. The number of benzene rings is 2. The Balaban J connectivity index is 1.58. The number of hydrogen-bond acceptors (Lipinski definition) is 6. The van der Waals surface area contributed by atoms with Crippen molar-refractivity contribution in [3.05, 3.63) is 80.9 Å². The number of Topliss-reactive ketones (excluding diaryl/α,β-unsaturated/α-hetero) is 1. The van der Waals surface area contributed by atoms with Gasteiger partial charge in [-0.05, 0) is 43.3 Å². The zero-order valence-corrected chi connectivity index (χ0v) is 16.2. The van der Waals surface area contributed by atoms with Crippen molar-refractivity contribution in [1.29, 1.82) is 0 Å². The summed E-state index contributed by atoms with van der Waals surface area (Å²) in [4.78, 5) is 50.5. The summed E-state index contributed by atoms with van der Waals surface area (Å²) in [6.07, 6.45) is 0. The summed E-state index contributed by atoms with van der Waals surface area (Å²) in [5.74, 6) is -0.261. The SMILES string of the molecule is CC(=O)c1ccc(NC(=O)Cn2nc3n(c(=O)c2=O)CCN3c2ccccc2)cc1. The molecule has 1 aromatic heterocycles. The number of carbonyl (C=O) groups is 2. The van der Waals surface area contributed by atoms with Crippen LogP contribution in [-0.4, -0.2) is 32.6 Å². The Labute approximate surface area is 171 Å². The molecule has 0 atom stereocenters. The first-order valence-corrected chi connectivity index (χ1v) is 9.39. The van der Waals surface area contributed by atoms with E-state index >= 15 is 0 Å². The highest BCUT2D eigenvalue weighted by Crippen LogP contribution is 2.25. The van der Waals surface area contributed by atoms with Crippen molar-refractivity contribution in [1.82, 2.24) is 14.3 Å². The summed E-state index contributed by atoms with van der Waals surface area (Å²) in [5.41, 5.74) is 0.281. The first-order valence-electron chi connectivity index (χ1n) is 9.39. The van der Waals surface area contributed by atoms with Gasteiger partial charge in [-0.25, -0.2) is 4.68 Å². The molecular weight excluding hydrogens is 386 g/mol. The van der Waals surface area contributed by atoms with Crippen molar-refractivity contribution < 1.29 is 9.59 Å². The summed E-state index contributed by atoms with van der Waals surface area (Å²) >= 11 is 0. The topological polar surface area (TPSA) is 106 Å². The van der Waals surface area contributed by atoms with E-state index in [9.17, 15) is 19.2 Å². The minimum Gasteiger partial charge on any atom is -0.324 e. The molecule has 2 heterocycles. The number of rotatable bonds is 5. The van der Waals surface area contributed by atoms with E-state index in [0.29, 0.717) is 30.3 Å². The van der Waals surface area contributed by atoms with Crippen LogP contribution in [0.5, 0.6) is 0 Å². The van der Waals surface area contributed by atoms with Crippen LogP contribution in [0.1, 0.15) is 17.3 Å². The van der Waals surface area contributed by atoms with Gasteiger partial charge in [0, 0.05) is 30.0 Å². The van der Waals surface area contributed by atoms with E-state index < -0.39 is 23.6 Å². The van der Waals surface area contributed by atoms with E-state index in [0.717, 1.165) is 10.4 Å². The fourth-order valence-corrected chi connectivity index (χ4v) is 3.31. The maximum Gasteiger partial charge on any atom is 0.333 e. The average molecular weight is 405 g/mol. The highest BCUT2D eigenvalue weighted by molar-refractivity contribution is 5.95. The quantitative estimate of drug-likeness (QED) is 0.508.